The minimum Gasteiger partial charge on any atom is -0.398 e. The van der Waals surface area contributed by atoms with Gasteiger partial charge in [-0.05, 0) is 41.9 Å². The molecule has 1 aliphatic rings. The van der Waals surface area contributed by atoms with Gasteiger partial charge in [0.15, 0.2) is 0 Å². The number of hydrogen-bond donors (Lipinski definition) is 1. The van der Waals surface area contributed by atoms with Crippen LogP contribution >= 0.6 is 0 Å². The monoisotopic (exact) mass is 207 g/mol. The van der Waals surface area contributed by atoms with Gasteiger partial charge in [0.2, 0.25) is 0 Å². The van der Waals surface area contributed by atoms with Gasteiger partial charge in [0.1, 0.15) is 5.82 Å². The Bertz CT molecular complexity index is 421. The summed E-state index contributed by atoms with van der Waals surface area (Å²) < 4.78 is 13.6. The number of anilines is 1. The van der Waals surface area contributed by atoms with Crippen LogP contribution < -0.4 is 5.73 Å². The van der Waals surface area contributed by atoms with Crippen LogP contribution in [0.15, 0.2) is 6.07 Å². The Morgan fingerprint density at radius 1 is 1.47 bits per heavy atom. The van der Waals surface area contributed by atoms with Crippen molar-refractivity contribution in [3.8, 4) is 0 Å². The van der Waals surface area contributed by atoms with E-state index in [4.69, 9.17) is 5.73 Å². The van der Waals surface area contributed by atoms with Crippen LogP contribution in [0.1, 0.15) is 49.8 Å². The van der Waals surface area contributed by atoms with Crippen LogP contribution in [0.5, 0.6) is 0 Å². The third-order valence-electron chi connectivity index (χ3n) is 3.65. The first kappa shape index (κ1) is 10.5. The van der Waals surface area contributed by atoms with Gasteiger partial charge in [-0.2, -0.15) is 0 Å². The molecule has 1 aromatic rings. The first-order chi connectivity index (χ1) is 6.84. The fraction of sp³-hybridized carbons (Fsp3) is 0.538. The van der Waals surface area contributed by atoms with E-state index in [-0.39, 0.29) is 11.2 Å². The summed E-state index contributed by atoms with van der Waals surface area (Å²) >= 11 is 0. The fourth-order valence-corrected chi connectivity index (χ4v) is 2.86. The van der Waals surface area contributed by atoms with Gasteiger partial charge in [-0.25, -0.2) is 4.39 Å². The molecule has 0 bridgehead atoms. The average molecular weight is 207 g/mol. The number of nitrogen functional groups attached to an aromatic ring is 1. The second kappa shape index (κ2) is 2.97. The average Bonchev–Trinajstić information content (AvgIpc) is 2.33. The lowest BCUT2D eigenvalue weighted by molar-refractivity contribution is 0.487. The van der Waals surface area contributed by atoms with E-state index in [2.05, 4.69) is 20.8 Å². The van der Waals surface area contributed by atoms with Crippen LogP contribution in [0.4, 0.5) is 10.1 Å². The molecule has 1 aliphatic carbocycles. The van der Waals surface area contributed by atoms with Gasteiger partial charge < -0.3 is 5.73 Å². The molecular weight excluding hydrogens is 189 g/mol. The maximum Gasteiger partial charge on any atom is 0.128 e. The van der Waals surface area contributed by atoms with E-state index >= 15 is 0 Å². The molecular formula is C13H18FN. The highest BCUT2D eigenvalue weighted by Gasteiger charge is 2.37. The summed E-state index contributed by atoms with van der Waals surface area (Å²) in [6, 6.07) is 1.67. The Hall–Kier alpha value is -1.05. The molecule has 1 atom stereocenters. The molecule has 15 heavy (non-hydrogen) atoms. The van der Waals surface area contributed by atoms with Crippen molar-refractivity contribution in [3.05, 3.63) is 28.6 Å². The zero-order chi connectivity index (χ0) is 11.4. The van der Waals surface area contributed by atoms with Crippen molar-refractivity contribution < 1.29 is 4.39 Å². The third kappa shape index (κ3) is 1.35. The van der Waals surface area contributed by atoms with Crippen LogP contribution in [-0.2, 0) is 5.41 Å². The SMILES string of the molecule is Cc1c(F)cc2c(c1N)C(C)CC2(C)C. The van der Waals surface area contributed by atoms with Crippen LogP contribution in [0, 0.1) is 12.7 Å². The first-order valence-electron chi connectivity index (χ1n) is 5.43. The molecule has 0 saturated carbocycles. The maximum absolute atomic E-state index is 13.6. The van der Waals surface area contributed by atoms with E-state index in [0.29, 0.717) is 17.2 Å². The highest BCUT2D eigenvalue weighted by molar-refractivity contribution is 5.62. The van der Waals surface area contributed by atoms with Crippen LogP contribution in [0.25, 0.3) is 0 Å². The van der Waals surface area contributed by atoms with E-state index in [1.165, 1.54) is 5.56 Å². The molecule has 0 spiro atoms. The molecule has 2 heteroatoms. The predicted octanol–water partition coefficient (Wildman–Crippen LogP) is 3.50. The third-order valence-corrected chi connectivity index (χ3v) is 3.65. The van der Waals surface area contributed by atoms with Gasteiger partial charge in [-0.1, -0.05) is 20.8 Å². The van der Waals surface area contributed by atoms with Gasteiger partial charge >= 0.3 is 0 Å². The summed E-state index contributed by atoms with van der Waals surface area (Å²) in [5.74, 6) is 0.266. The van der Waals surface area contributed by atoms with Crippen LogP contribution in [-0.4, -0.2) is 0 Å². The number of nitrogens with two attached hydrogens (primary N) is 1. The molecule has 0 saturated heterocycles. The number of fused-ring (bicyclic) bond motifs is 1. The molecule has 0 fully saturated rings. The Kier molecular flexibility index (Phi) is 2.07. The maximum atomic E-state index is 13.6. The lowest BCUT2D eigenvalue weighted by atomic mass is 9.85. The minimum absolute atomic E-state index is 0.0530. The van der Waals surface area contributed by atoms with Crippen molar-refractivity contribution in [2.75, 3.05) is 5.73 Å². The summed E-state index contributed by atoms with van der Waals surface area (Å²) in [6.45, 7) is 8.23. The predicted molar refractivity (Wildman–Crippen MR) is 61.6 cm³/mol. The Morgan fingerprint density at radius 3 is 2.67 bits per heavy atom. The number of rotatable bonds is 0. The first-order valence-corrected chi connectivity index (χ1v) is 5.43. The zero-order valence-electron chi connectivity index (χ0n) is 9.82. The summed E-state index contributed by atoms with van der Waals surface area (Å²) in [5.41, 5.74) is 9.57. The van der Waals surface area contributed by atoms with Crippen molar-refractivity contribution in [2.24, 2.45) is 0 Å². The summed E-state index contributed by atoms with van der Waals surface area (Å²) in [6.07, 6.45) is 1.05. The van der Waals surface area contributed by atoms with E-state index in [1.54, 1.807) is 13.0 Å². The normalized spacial score (nSPS) is 22.9. The van der Waals surface area contributed by atoms with Gasteiger partial charge in [-0.15, -0.1) is 0 Å². The van der Waals surface area contributed by atoms with Crippen molar-refractivity contribution in [1.29, 1.82) is 0 Å². The molecule has 0 amide bonds. The van der Waals surface area contributed by atoms with Crippen LogP contribution in [0.2, 0.25) is 0 Å². The number of halogens is 1. The summed E-state index contributed by atoms with van der Waals surface area (Å²) in [7, 11) is 0. The molecule has 1 unspecified atom stereocenters. The van der Waals surface area contributed by atoms with Crippen molar-refractivity contribution in [1.82, 2.24) is 0 Å². The summed E-state index contributed by atoms with van der Waals surface area (Å²) in [5, 5.41) is 0. The molecule has 0 aliphatic heterocycles. The van der Waals surface area contributed by atoms with E-state index in [1.807, 2.05) is 0 Å². The second-order valence-corrected chi connectivity index (χ2v) is 5.35. The lowest BCUT2D eigenvalue weighted by Gasteiger charge is -2.19. The molecule has 1 aromatic carbocycles. The Balaban J connectivity index is 2.75. The van der Waals surface area contributed by atoms with Gasteiger partial charge in [0, 0.05) is 11.3 Å². The van der Waals surface area contributed by atoms with Crippen molar-refractivity contribution in [3.63, 3.8) is 0 Å². The lowest BCUT2D eigenvalue weighted by Crippen LogP contribution is -2.13. The molecule has 0 heterocycles. The van der Waals surface area contributed by atoms with Crippen molar-refractivity contribution >= 4 is 5.69 Å². The standard InChI is InChI=1S/C13H18FN/c1-7-6-13(3,4)9-5-10(14)8(2)12(15)11(7)9/h5,7H,6,15H2,1-4H3. The van der Waals surface area contributed by atoms with Gasteiger partial charge in [0.05, 0.1) is 0 Å². The largest absolute Gasteiger partial charge is 0.398 e. The van der Waals surface area contributed by atoms with E-state index < -0.39 is 0 Å². The molecule has 82 valence electrons. The second-order valence-electron chi connectivity index (χ2n) is 5.35. The van der Waals surface area contributed by atoms with E-state index in [9.17, 15) is 4.39 Å². The number of hydrogen-bond acceptors (Lipinski definition) is 1. The topological polar surface area (TPSA) is 26.0 Å². The summed E-state index contributed by atoms with van der Waals surface area (Å²) in [4.78, 5) is 0. The van der Waals surface area contributed by atoms with Crippen molar-refractivity contribution in [2.45, 2.75) is 45.4 Å². The van der Waals surface area contributed by atoms with E-state index in [0.717, 1.165) is 12.0 Å². The number of benzene rings is 1. The van der Waals surface area contributed by atoms with Gasteiger partial charge in [0.25, 0.3) is 0 Å². The Morgan fingerprint density at radius 2 is 2.07 bits per heavy atom. The van der Waals surface area contributed by atoms with Gasteiger partial charge in [-0.3, -0.25) is 0 Å². The highest BCUT2D eigenvalue weighted by Crippen LogP contribution is 2.48. The fourth-order valence-electron chi connectivity index (χ4n) is 2.86. The zero-order valence-corrected chi connectivity index (χ0v) is 9.82. The molecule has 1 nitrogen and oxygen atoms in total. The molecule has 2 rings (SSSR count). The Labute approximate surface area is 90.5 Å². The molecule has 2 N–H and O–H groups in total. The van der Waals surface area contributed by atoms with Crippen LogP contribution in [0.3, 0.4) is 0 Å². The highest BCUT2D eigenvalue weighted by atomic mass is 19.1. The minimum atomic E-state index is -0.173. The molecule has 0 aromatic heterocycles. The smallest absolute Gasteiger partial charge is 0.128 e. The quantitative estimate of drug-likeness (QED) is 0.647. The molecule has 0 radical (unpaired) electrons.